The number of hydrogen-bond donors (Lipinski definition) is 2. The predicted molar refractivity (Wildman–Crippen MR) is 128 cm³/mol. The molecule has 33 heavy (non-hydrogen) atoms. The third kappa shape index (κ3) is 2.75. The summed E-state index contributed by atoms with van der Waals surface area (Å²) >= 11 is 0. The lowest BCUT2D eigenvalue weighted by molar-refractivity contribution is 0.0227. The number of nitrogens with two attached hydrogens (primary N) is 1. The fourth-order valence-corrected chi connectivity index (χ4v) is 4.95. The lowest BCUT2D eigenvalue weighted by Gasteiger charge is -2.38. The number of ether oxygens (including phenoxy) is 2. The van der Waals surface area contributed by atoms with Crippen molar-refractivity contribution in [2.45, 2.75) is 19.4 Å². The number of rotatable bonds is 2. The summed E-state index contributed by atoms with van der Waals surface area (Å²) < 4.78 is 12.6. The van der Waals surface area contributed by atoms with E-state index < -0.39 is 5.60 Å². The van der Waals surface area contributed by atoms with E-state index in [1.807, 2.05) is 48.5 Å². The van der Waals surface area contributed by atoms with E-state index in [0.717, 1.165) is 28.1 Å². The molecule has 0 radical (unpaired) electrons. The molecule has 5 nitrogen and oxygen atoms in total. The van der Waals surface area contributed by atoms with Crippen LogP contribution in [0.2, 0.25) is 0 Å². The van der Waals surface area contributed by atoms with Crippen molar-refractivity contribution in [2.24, 2.45) is 0 Å². The fraction of sp³-hybridized carbons (Fsp3) is 0.107. The lowest BCUT2D eigenvalue weighted by Crippen LogP contribution is -2.34. The summed E-state index contributed by atoms with van der Waals surface area (Å²) in [5.41, 5.74) is 12.5. The van der Waals surface area contributed by atoms with Crippen molar-refractivity contribution in [2.75, 3.05) is 11.1 Å². The van der Waals surface area contributed by atoms with Crippen LogP contribution in [0.25, 0.3) is 0 Å². The molecule has 0 saturated carbocycles. The van der Waals surface area contributed by atoms with Crippen LogP contribution in [0.4, 0.5) is 17.1 Å². The van der Waals surface area contributed by atoms with E-state index in [-0.39, 0.29) is 5.97 Å². The minimum Gasteiger partial charge on any atom is -0.456 e. The molecule has 5 heteroatoms. The highest BCUT2D eigenvalue weighted by atomic mass is 16.6. The topological polar surface area (TPSA) is 73.6 Å². The number of carbonyl (C=O) groups excluding carboxylic acids is 1. The third-order valence-electron chi connectivity index (χ3n) is 6.40. The number of hydrogen-bond acceptors (Lipinski definition) is 5. The molecule has 0 amide bonds. The molecule has 0 saturated heterocycles. The van der Waals surface area contributed by atoms with Crippen LogP contribution in [0.5, 0.6) is 11.5 Å². The van der Waals surface area contributed by atoms with Crippen molar-refractivity contribution in [3.63, 3.8) is 0 Å². The van der Waals surface area contributed by atoms with Crippen molar-refractivity contribution in [1.29, 1.82) is 0 Å². The van der Waals surface area contributed by atoms with Gasteiger partial charge in [-0.2, -0.15) is 0 Å². The molecule has 6 rings (SSSR count). The fourth-order valence-electron chi connectivity index (χ4n) is 4.95. The first-order valence-corrected chi connectivity index (χ1v) is 10.9. The molecule has 3 N–H and O–H groups in total. The Hall–Kier alpha value is -4.25. The van der Waals surface area contributed by atoms with Gasteiger partial charge in [-0.3, -0.25) is 0 Å². The minimum absolute atomic E-state index is 0.367. The number of carbonyl (C=O) groups is 1. The summed E-state index contributed by atoms with van der Waals surface area (Å²) in [6.07, 6.45) is 0. The second kappa shape index (κ2) is 6.87. The van der Waals surface area contributed by atoms with E-state index >= 15 is 0 Å². The van der Waals surface area contributed by atoms with Crippen LogP contribution in [0.15, 0.2) is 78.9 Å². The summed E-state index contributed by atoms with van der Waals surface area (Å²) in [4.78, 5) is 13.1. The van der Waals surface area contributed by atoms with E-state index in [4.69, 9.17) is 15.2 Å². The maximum atomic E-state index is 13.1. The van der Waals surface area contributed by atoms with Crippen LogP contribution >= 0.6 is 0 Å². The number of nitrogen functional groups attached to an aromatic ring is 1. The highest BCUT2D eigenvalue weighted by molar-refractivity contribution is 5.97. The first-order valence-electron chi connectivity index (χ1n) is 10.9. The number of aryl methyl sites for hydroxylation is 2. The molecule has 0 fully saturated rings. The third-order valence-corrected chi connectivity index (χ3v) is 6.40. The van der Waals surface area contributed by atoms with E-state index in [0.29, 0.717) is 28.3 Å². The minimum atomic E-state index is -1.17. The largest absolute Gasteiger partial charge is 0.456 e. The Morgan fingerprint density at radius 2 is 1.67 bits per heavy atom. The van der Waals surface area contributed by atoms with Crippen LogP contribution in [0, 0.1) is 13.8 Å². The summed E-state index contributed by atoms with van der Waals surface area (Å²) in [6, 6.07) is 25.0. The predicted octanol–water partition coefficient (Wildman–Crippen LogP) is 6.20. The second-order valence-corrected chi connectivity index (χ2v) is 8.60. The molecule has 4 aromatic rings. The number of nitrogens with one attached hydrogen (secondary N) is 1. The zero-order valence-electron chi connectivity index (χ0n) is 18.3. The Morgan fingerprint density at radius 1 is 0.818 bits per heavy atom. The molecule has 2 aliphatic rings. The molecular weight excluding hydrogens is 412 g/mol. The Bertz CT molecular complexity index is 1460. The van der Waals surface area contributed by atoms with Gasteiger partial charge in [0.05, 0.1) is 16.8 Å². The van der Waals surface area contributed by atoms with Gasteiger partial charge in [0.25, 0.3) is 0 Å². The first kappa shape index (κ1) is 19.4. The zero-order chi connectivity index (χ0) is 22.7. The Balaban J connectivity index is 1.65. The van der Waals surface area contributed by atoms with Gasteiger partial charge in [0.15, 0.2) is 5.60 Å². The van der Waals surface area contributed by atoms with E-state index in [1.165, 1.54) is 5.56 Å². The zero-order valence-corrected chi connectivity index (χ0v) is 18.3. The monoisotopic (exact) mass is 434 g/mol. The van der Waals surface area contributed by atoms with Gasteiger partial charge in [0, 0.05) is 22.5 Å². The lowest BCUT2D eigenvalue weighted by atomic mass is 9.76. The van der Waals surface area contributed by atoms with E-state index in [2.05, 4.69) is 37.4 Å². The standard InChI is InChI=1S/C28H22N2O3/c1-16-10-12-22(17(2)14-16)30-23-8-5-9-25-26(23)28(21-15-18(29)11-13-24(21)32-25)20-7-4-3-6-19(20)27(31)33-28/h3-15,30H,29H2,1-2H3. The van der Waals surface area contributed by atoms with Gasteiger partial charge in [0.1, 0.15) is 11.5 Å². The van der Waals surface area contributed by atoms with Crippen LogP contribution in [0.3, 0.4) is 0 Å². The van der Waals surface area contributed by atoms with Crippen LogP contribution in [0.1, 0.15) is 38.2 Å². The van der Waals surface area contributed by atoms with Crippen molar-refractivity contribution in [3.05, 3.63) is 112 Å². The normalized spacial score (nSPS) is 17.6. The van der Waals surface area contributed by atoms with Gasteiger partial charge < -0.3 is 20.5 Å². The molecule has 162 valence electrons. The molecule has 1 unspecified atom stereocenters. The average Bonchev–Trinajstić information content (AvgIpc) is 3.09. The molecule has 1 spiro atoms. The Morgan fingerprint density at radius 3 is 2.52 bits per heavy atom. The van der Waals surface area contributed by atoms with Crippen LogP contribution in [-0.4, -0.2) is 5.97 Å². The number of benzene rings is 4. The SMILES string of the molecule is Cc1ccc(Nc2cccc3c2C2(OC(=O)c4ccccc42)c2cc(N)ccc2O3)c(C)c1. The molecule has 2 heterocycles. The van der Waals surface area contributed by atoms with Gasteiger partial charge in [-0.1, -0.05) is 42.0 Å². The summed E-state index contributed by atoms with van der Waals surface area (Å²) in [5, 5.41) is 3.57. The van der Waals surface area contributed by atoms with Gasteiger partial charge in [-0.25, -0.2) is 4.79 Å². The van der Waals surface area contributed by atoms with Crippen molar-refractivity contribution < 1.29 is 14.3 Å². The molecule has 1 atom stereocenters. The molecule has 0 aromatic heterocycles. The maximum absolute atomic E-state index is 13.1. The summed E-state index contributed by atoms with van der Waals surface area (Å²) in [7, 11) is 0. The number of fused-ring (bicyclic) bond motifs is 6. The highest BCUT2D eigenvalue weighted by Crippen LogP contribution is 2.58. The molecule has 0 bridgehead atoms. The van der Waals surface area contributed by atoms with Gasteiger partial charge in [-0.05, 0) is 61.9 Å². The molecular formula is C28H22N2O3. The highest BCUT2D eigenvalue weighted by Gasteiger charge is 2.54. The summed E-state index contributed by atoms with van der Waals surface area (Å²) in [5.74, 6) is 0.879. The molecule has 0 aliphatic carbocycles. The second-order valence-electron chi connectivity index (χ2n) is 8.60. The number of esters is 1. The first-order chi connectivity index (χ1) is 16.0. The Labute approximate surface area is 191 Å². The van der Waals surface area contributed by atoms with Gasteiger partial charge in [0.2, 0.25) is 0 Å². The van der Waals surface area contributed by atoms with Crippen molar-refractivity contribution in [1.82, 2.24) is 0 Å². The van der Waals surface area contributed by atoms with Crippen molar-refractivity contribution >= 4 is 23.0 Å². The number of anilines is 3. The molecule has 2 aliphatic heterocycles. The van der Waals surface area contributed by atoms with Gasteiger partial charge in [-0.15, -0.1) is 0 Å². The smallest absolute Gasteiger partial charge is 0.340 e. The average molecular weight is 434 g/mol. The molecule has 4 aromatic carbocycles. The van der Waals surface area contributed by atoms with E-state index in [9.17, 15) is 4.79 Å². The van der Waals surface area contributed by atoms with Gasteiger partial charge >= 0.3 is 5.97 Å². The summed E-state index contributed by atoms with van der Waals surface area (Å²) in [6.45, 7) is 4.14. The maximum Gasteiger partial charge on any atom is 0.340 e. The van der Waals surface area contributed by atoms with Crippen molar-refractivity contribution in [3.8, 4) is 11.5 Å². The van der Waals surface area contributed by atoms with E-state index in [1.54, 1.807) is 12.1 Å². The van der Waals surface area contributed by atoms with Crippen LogP contribution in [-0.2, 0) is 10.3 Å². The van der Waals surface area contributed by atoms with Crippen LogP contribution < -0.4 is 15.8 Å². The Kier molecular flexibility index (Phi) is 4.05. The quantitative estimate of drug-likeness (QED) is 0.290.